The number of phosphoric acid groups is 2. The number of allylic oxidation sites excluding steroid dienone is 4. The number of esters is 4. The summed E-state index contributed by atoms with van der Waals surface area (Å²) in [6.45, 7) is 11.7. The van der Waals surface area contributed by atoms with Gasteiger partial charge in [0.2, 0.25) is 0 Å². The van der Waals surface area contributed by atoms with Crippen LogP contribution in [0.2, 0.25) is 0 Å². The van der Waals surface area contributed by atoms with Gasteiger partial charge in [0.05, 0.1) is 26.4 Å². The number of phosphoric ester groups is 2. The van der Waals surface area contributed by atoms with Crippen molar-refractivity contribution in [2.24, 2.45) is 17.8 Å². The first-order valence-electron chi connectivity index (χ1n) is 37.2. The molecule has 0 aromatic carbocycles. The van der Waals surface area contributed by atoms with Gasteiger partial charge in [-0.2, -0.15) is 0 Å². The Morgan fingerprint density at radius 2 is 0.641 bits per heavy atom. The lowest BCUT2D eigenvalue weighted by Gasteiger charge is -2.21. The molecule has 0 spiro atoms. The van der Waals surface area contributed by atoms with Crippen molar-refractivity contribution in [3.63, 3.8) is 0 Å². The van der Waals surface area contributed by atoms with Crippen LogP contribution in [0.3, 0.4) is 0 Å². The summed E-state index contributed by atoms with van der Waals surface area (Å²) in [5.41, 5.74) is 0. The fourth-order valence-corrected chi connectivity index (χ4v) is 12.1. The molecule has 0 bridgehead atoms. The van der Waals surface area contributed by atoms with Crippen LogP contribution in [0.25, 0.3) is 0 Å². The molecule has 542 valence electrons. The summed E-state index contributed by atoms with van der Waals surface area (Å²) in [6, 6.07) is 0. The molecule has 3 N–H and O–H groups in total. The van der Waals surface area contributed by atoms with Crippen LogP contribution in [0.1, 0.15) is 344 Å². The zero-order valence-electron chi connectivity index (χ0n) is 59.5. The summed E-state index contributed by atoms with van der Waals surface area (Å²) >= 11 is 0. The van der Waals surface area contributed by atoms with E-state index in [1.807, 2.05) is 0 Å². The largest absolute Gasteiger partial charge is 0.472 e. The van der Waals surface area contributed by atoms with E-state index in [0.29, 0.717) is 31.6 Å². The molecular formula is C73H138O17P2. The van der Waals surface area contributed by atoms with E-state index in [1.54, 1.807) is 0 Å². The van der Waals surface area contributed by atoms with Crippen molar-refractivity contribution < 1.29 is 80.2 Å². The number of carbonyl (C=O) groups is 4. The summed E-state index contributed by atoms with van der Waals surface area (Å²) in [5, 5.41) is 10.6. The highest BCUT2D eigenvalue weighted by Crippen LogP contribution is 2.45. The Kier molecular flexibility index (Phi) is 61.6. The van der Waals surface area contributed by atoms with Crippen molar-refractivity contribution in [1.82, 2.24) is 0 Å². The van der Waals surface area contributed by atoms with Gasteiger partial charge in [-0.25, -0.2) is 9.13 Å². The first kappa shape index (κ1) is 89.5. The molecule has 0 fully saturated rings. The number of unbranched alkanes of at least 4 members (excludes halogenated alkanes) is 33. The second kappa shape index (κ2) is 63.3. The zero-order valence-corrected chi connectivity index (χ0v) is 61.3. The Labute approximate surface area is 561 Å². The molecule has 3 unspecified atom stereocenters. The van der Waals surface area contributed by atoms with Crippen LogP contribution >= 0.6 is 15.6 Å². The number of ether oxygens (including phenoxy) is 4. The lowest BCUT2D eigenvalue weighted by molar-refractivity contribution is -0.161. The number of hydrogen-bond donors (Lipinski definition) is 3. The van der Waals surface area contributed by atoms with E-state index in [0.717, 1.165) is 127 Å². The number of hydrogen-bond acceptors (Lipinski definition) is 15. The average Bonchev–Trinajstić information content (AvgIpc) is 2.00. The minimum atomic E-state index is -4.96. The normalized spacial score (nSPS) is 14.6. The van der Waals surface area contributed by atoms with Gasteiger partial charge in [-0.3, -0.25) is 37.3 Å². The van der Waals surface area contributed by atoms with Crippen LogP contribution < -0.4 is 0 Å². The van der Waals surface area contributed by atoms with Gasteiger partial charge in [-0.1, -0.05) is 291 Å². The fraction of sp³-hybridized carbons (Fsp3) is 0.890. The van der Waals surface area contributed by atoms with Gasteiger partial charge in [0.25, 0.3) is 0 Å². The van der Waals surface area contributed by atoms with Gasteiger partial charge in [0.1, 0.15) is 19.3 Å². The second-order valence-corrected chi connectivity index (χ2v) is 29.7. The molecule has 0 saturated carbocycles. The molecule has 92 heavy (non-hydrogen) atoms. The second-order valence-electron chi connectivity index (χ2n) is 26.8. The van der Waals surface area contributed by atoms with E-state index < -0.39 is 97.5 Å². The lowest BCUT2D eigenvalue weighted by atomic mass is 10.00. The van der Waals surface area contributed by atoms with E-state index in [1.165, 1.54) is 128 Å². The van der Waals surface area contributed by atoms with Crippen molar-refractivity contribution in [2.45, 2.75) is 362 Å². The molecule has 0 rings (SSSR count). The van der Waals surface area contributed by atoms with Crippen molar-refractivity contribution in [1.29, 1.82) is 0 Å². The highest BCUT2D eigenvalue weighted by Gasteiger charge is 2.30. The molecule has 0 heterocycles. The lowest BCUT2D eigenvalue weighted by Crippen LogP contribution is -2.30. The Balaban J connectivity index is 5.28. The first-order valence-corrected chi connectivity index (χ1v) is 40.2. The smallest absolute Gasteiger partial charge is 0.462 e. The van der Waals surface area contributed by atoms with Gasteiger partial charge in [0.15, 0.2) is 12.2 Å². The maximum absolute atomic E-state index is 13.0. The van der Waals surface area contributed by atoms with Crippen LogP contribution in [-0.4, -0.2) is 96.7 Å². The summed E-state index contributed by atoms with van der Waals surface area (Å²) in [7, 11) is -9.92. The molecule has 17 nitrogen and oxygen atoms in total. The molecule has 0 amide bonds. The monoisotopic (exact) mass is 1350 g/mol. The topological polar surface area (TPSA) is 237 Å². The van der Waals surface area contributed by atoms with E-state index in [9.17, 15) is 43.2 Å². The summed E-state index contributed by atoms with van der Waals surface area (Å²) < 4.78 is 68.3. The van der Waals surface area contributed by atoms with Gasteiger partial charge in [0, 0.05) is 25.7 Å². The molecular weight excluding hydrogens is 1210 g/mol. The van der Waals surface area contributed by atoms with E-state index >= 15 is 0 Å². The maximum atomic E-state index is 13.0. The molecule has 0 saturated heterocycles. The highest BCUT2D eigenvalue weighted by atomic mass is 31.2. The molecule has 6 atom stereocenters. The molecule has 0 aromatic heterocycles. The standard InChI is InChI=1S/C73H138O17P2/c1-8-10-11-12-13-14-15-16-17-21-24-27-32-40-47-54-70(75)83-60-68(89-72(77)56-49-42-33-28-25-22-19-18-20-23-26-30-37-44-51-64(3)4)62-87-91(79,80)85-58-67(74)59-86-92(81,82)88-63-69(90-73(78)57-50-43-34-29-31-38-45-52-65(5)6)61-84-71(76)55-48-41-36-35-39-46-53-66(7)9-2/h14-17,64-69,74H,8-13,18-63H2,1-7H3,(H,79,80)(H,81,82)/b15-14-,17-16-/t66?,67-,68-,69-/m1/s1. The van der Waals surface area contributed by atoms with Crippen LogP contribution in [0, 0.1) is 17.8 Å². The van der Waals surface area contributed by atoms with E-state index in [4.69, 9.17) is 37.0 Å². The van der Waals surface area contributed by atoms with Crippen LogP contribution in [0.4, 0.5) is 0 Å². The molecule has 0 aliphatic heterocycles. The third-order valence-electron chi connectivity index (χ3n) is 16.6. The fourth-order valence-electron chi connectivity index (χ4n) is 10.5. The highest BCUT2D eigenvalue weighted by molar-refractivity contribution is 7.47. The zero-order chi connectivity index (χ0) is 68.0. The predicted molar refractivity (Wildman–Crippen MR) is 372 cm³/mol. The van der Waals surface area contributed by atoms with Crippen molar-refractivity contribution in [3.05, 3.63) is 24.3 Å². The van der Waals surface area contributed by atoms with Gasteiger partial charge in [-0.05, 0) is 69.1 Å². The van der Waals surface area contributed by atoms with Gasteiger partial charge in [-0.15, -0.1) is 0 Å². The third kappa shape index (κ3) is 64.9. The SMILES string of the molecule is CCCCCC/C=C\C=C/CCCCCCCC(=O)OC[C@H](COP(=O)(O)OC[C@@H](O)COP(=O)(O)OC[C@@H](COC(=O)CCCCCCCCC(C)CC)OC(=O)CCCCCCCCCC(C)C)OC(=O)CCCCCCCCCCCCCCCCC(C)C. The summed E-state index contributed by atoms with van der Waals surface area (Å²) in [4.78, 5) is 72.6. The summed E-state index contributed by atoms with van der Waals surface area (Å²) in [6.07, 6.45) is 50.9. The Bertz CT molecular complexity index is 1900. The molecule has 0 radical (unpaired) electrons. The van der Waals surface area contributed by atoms with Crippen LogP contribution in [0.15, 0.2) is 24.3 Å². The number of carbonyl (C=O) groups excluding carboxylic acids is 4. The van der Waals surface area contributed by atoms with E-state index in [-0.39, 0.29) is 25.7 Å². The number of rotatable bonds is 69. The summed E-state index contributed by atoms with van der Waals surface area (Å²) in [5.74, 6) is 0.0600. The van der Waals surface area contributed by atoms with Gasteiger partial charge < -0.3 is 33.8 Å². The van der Waals surface area contributed by atoms with Crippen molar-refractivity contribution in [3.8, 4) is 0 Å². The Hall–Kier alpha value is -2.46. The first-order chi connectivity index (χ1) is 44.3. The minimum absolute atomic E-state index is 0.1000. The number of aliphatic hydroxyl groups excluding tert-OH is 1. The van der Waals surface area contributed by atoms with Gasteiger partial charge >= 0.3 is 39.5 Å². The predicted octanol–water partition coefficient (Wildman–Crippen LogP) is 20.6. The Morgan fingerprint density at radius 1 is 0.359 bits per heavy atom. The van der Waals surface area contributed by atoms with Crippen LogP contribution in [0.5, 0.6) is 0 Å². The van der Waals surface area contributed by atoms with Crippen LogP contribution in [-0.2, 0) is 65.4 Å². The molecule has 0 aliphatic carbocycles. The maximum Gasteiger partial charge on any atom is 0.472 e. The van der Waals surface area contributed by atoms with Crippen molar-refractivity contribution in [2.75, 3.05) is 39.6 Å². The molecule has 0 aliphatic rings. The third-order valence-corrected chi connectivity index (χ3v) is 18.5. The molecule has 0 aromatic rings. The molecule has 19 heteroatoms. The van der Waals surface area contributed by atoms with E-state index in [2.05, 4.69) is 72.8 Å². The van der Waals surface area contributed by atoms with Crippen molar-refractivity contribution >= 4 is 39.5 Å². The minimum Gasteiger partial charge on any atom is -0.462 e. The quantitative estimate of drug-likeness (QED) is 0.0169. The average molecular weight is 1350 g/mol. The Morgan fingerprint density at radius 3 is 0.967 bits per heavy atom. The number of aliphatic hydroxyl groups is 1.